The van der Waals surface area contributed by atoms with Crippen LogP contribution < -0.4 is 0 Å². The summed E-state index contributed by atoms with van der Waals surface area (Å²) >= 11 is 0. The van der Waals surface area contributed by atoms with Gasteiger partial charge >= 0.3 is 0 Å². The fourth-order valence-corrected chi connectivity index (χ4v) is 0.504. The summed E-state index contributed by atoms with van der Waals surface area (Å²) in [7, 11) is 1.68. The van der Waals surface area contributed by atoms with Crippen molar-refractivity contribution in [2.24, 2.45) is 0 Å². The molecule has 14 heavy (non-hydrogen) atoms. The second-order valence-electron chi connectivity index (χ2n) is 2.22. The number of methoxy groups -OCH3 is 1. The SMILES string of the molecule is C=C/C=C(C)\C=C/C.CC.CCOC. The van der Waals surface area contributed by atoms with E-state index in [-0.39, 0.29) is 0 Å². The molecule has 0 aliphatic carbocycles. The van der Waals surface area contributed by atoms with Crippen LogP contribution in [0.1, 0.15) is 34.6 Å². The molecular weight excluding hydrogens is 172 g/mol. The summed E-state index contributed by atoms with van der Waals surface area (Å²) in [4.78, 5) is 0. The van der Waals surface area contributed by atoms with Crippen LogP contribution in [0.3, 0.4) is 0 Å². The number of hydrogen-bond donors (Lipinski definition) is 0. The summed E-state index contributed by atoms with van der Waals surface area (Å²) in [5.74, 6) is 0. The standard InChI is InChI=1S/C8H12.C3H8O.C2H6/c1-4-6-8(3)7-5-2;1-3-4-2;1-2/h4-7H,1H2,2-3H3;3H2,1-2H3;1-2H3/b7-5-,8-6-;;. The third-order valence-corrected chi connectivity index (χ3v) is 1.10. The first-order valence-corrected chi connectivity index (χ1v) is 5.13. The second-order valence-corrected chi connectivity index (χ2v) is 2.22. The van der Waals surface area contributed by atoms with Gasteiger partial charge in [-0.2, -0.15) is 0 Å². The molecule has 0 unspecified atom stereocenters. The normalized spacial score (nSPS) is 9.71. The summed E-state index contributed by atoms with van der Waals surface area (Å²) < 4.78 is 4.54. The van der Waals surface area contributed by atoms with E-state index in [1.165, 1.54) is 5.57 Å². The second kappa shape index (κ2) is 22.8. The van der Waals surface area contributed by atoms with Gasteiger partial charge in [0.05, 0.1) is 0 Å². The van der Waals surface area contributed by atoms with Crippen LogP contribution in [0.5, 0.6) is 0 Å². The summed E-state index contributed by atoms with van der Waals surface area (Å²) in [5, 5.41) is 0. The first-order valence-electron chi connectivity index (χ1n) is 5.13. The Kier molecular flexibility index (Phi) is 30.7. The molecule has 0 saturated carbocycles. The maximum absolute atomic E-state index is 4.54. The summed E-state index contributed by atoms with van der Waals surface area (Å²) in [5.41, 5.74) is 1.24. The van der Waals surface area contributed by atoms with Gasteiger partial charge in [0, 0.05) is 13.7 Å². The molecule has 0 N–H and O–H groups in total. The van der Waals surface area contributed by atoms with Crippen molar-refractivity contribution in [3.05, 3.63) is 36.5 Å². The molecule has 0 atom stereocenters. The van der Waals surface area contributed by atoms with Crippen molar-refractivity contribution in [1.82, 2.24) is 0 Å². The predicted octanol–water partition coefficient (Wildman–Crippen LogP) is 4.37. The number of allylic oxidation sites excluding steroid dienone is 5. The highest BCUT2D eigenvalue weighted by molar-refractivity contribution is 5.19. The minimum Gasteiger partial charge on any atom is -0.385 e. The van der Waals surface area contributed by atoms with E-state index < -0.39 is 0 Å². The lowest BCUT2D eigenvalue weighted by molar-refractivity contribution is 0.215. The molecule has 0 amide bonds. The average Bonchev–Trinajstić information content (AvgIpc) is 2.22. The number of ether oxygens (including phenoxy) is 1. The molecule has 0 aromatic heterocycles. The van der Waals surface area contributed by atoms with Gasteiger partial charge in [-0.15, -0.1) is 0 Å². The lowest BCUT2D eigenvalue weighted by atomic mass is 10.2. The van der Waals surface area contributed by atoms with Gasteiger partial charge in [0.2, 0.25) is 0 Å². The van der Waals surface area contributed by atoms with Gasteiger partial charge in [0.1, 0.15) is 0 Å². The van der Waals surface area contributed by atoms with Crippen molar-refractivity contribution >= 4 is 0 Å². The van der Waals surface area contributed by atoms with Crippen LogP contribution in [-0.2, 0) is 4.74 Å². The molecule has 0 fully saturated rings. The molecule has 0 saturated heterocycles. The van der Waals surface area contributed by atoms with E-state index in [1.807, 2.05) is 52.8 Å². The molecule has 0 aromatic carbocycles. The lowest BCUT2D eigenvalue weighted by Crippen LogP contribution is -1.73. The van der Waals surface area contributed by atoms with Gasteiger partial charge in [-0.05, 0) is 20.8 Å². The minimum atomic E-state index is 0.819. The zero-order valence-corrected chi connectivity index (χ0v) is 10.6. The van der Waals surface area contributed by atoms with Crippen LogP contribution in [0.25, 0.3) is 0 Å². The Morgan fingerprint density at radius 2 is 1.79 bits per heavy atom. The van der Waals surface area contributed by atoms with Crippen LogP contribution in [0.4, 0.5) is 0 Å². The zero-order chi connectivity index (χ0) is 11.8. The minimum absolute atomic E-state index is 0.819. The molecule has 1 nitrogen and oxygen atoms in total. The molecule has 84 valence electrons. The van der Waals surface area contributed by atoms with Gasteiger partial charge in [0.25, 0.3) is 0 Å². The smallest absolute Gasteiger partial charge is 0.0433 e. The van der Waals surface area contributed by atoms with Crippen LogP contribution in [-0.4, -0.2) is 13.7 Å². The van der Waals surface area contributed by atoms with E-state index in [0.29, 0.717) is 0 Å². The Hall–Kier alpha value is -0.820. The van der Waals surface area contributed by atoms with Crippen LogP contribution >= 0.6 is 0 Å². The Morgan fingerprint density at radius 1 is 1.36 bits per heavy atom. The molecule has 0 aromatic rings. The third kappa shape index (κ3) is 30.3. The topological polar surface area (TPSA) is 9.23 Å². The van der Waals surface area contributed by atoms with Crippen LogP contribution in [0.2, 0.25) is 0 Å². The summed E-state index contributed by atoms with van der Waals surface area (Å²) in [6.07, 6.45) is 7.81. The lowest BCUT2D eigenvalue weighted by Gasteiger charge is -1.82. The van der Waals surface area contributed by atoms with Gasteiger partial charge < -0.3 is 4.74 Å². The van der Waals surface area contributed by atoms with Crippen molar-refractivity contribution < 1.29 is 4.74 Å². The highest BCUT2D eigenvalue weighted by atomic mass is 16.5. The van der Waals surface area contributed by atoms with Crippen molar-refractivity contribution in [2.75, 3.05) is 13.7 Å². The van der Waals surface area contributed by atoms with Gasteiger partial charge in [-0.3, -0.25) is 0 Å². The summed E-state index contributed by atoms with van der Waals surface area (Å²) in [6, 6.07) is 0. The highest BCUT2D eigenvalue weighted by Gasteiger charge is 1.71. The van der Waals surface area contributed by atoms with Crippen LogP contribution in [0, 0.1) is 0 Å². The molecule has 0 spiro atoms. The van der Waals surface area contributed by atoms with E-state index in [2.05, 4.69) is 11.3 Å². The van der Waals surface area contributed by atoms with Gasteiger partial charge in [0.15, 0.2) is 0 Å². The molecule has 0 heterocycles. The third-order valence-electron chi connectivity index (χ3n) is 1.10. The zero-order valence-electron chi connectivity index (χ0n) is 10.6. The molecule has 0 aliphatic rings. The Labute approximate surface area is 90.2 Å². The molecule has 0 bridgehead atoms. The maximum Gasteiger partial charge on any atom is 0.0433 e. The number of hydrogen-bond acceptors (Lipinski definition) is 1. The quantitative estimate of drug-likeness (QED) is 0.612. The molecule has 0 radical (unpaired) electrons. The van der Waals surface area contributed by atoms with E-state index in [0.717, 1.165) is 6.61 Å². The van der Waals surface area contributed by atoms with Crippen molar-refractivity contribution in [3.63, 3.8) is 0 Å². The predicted molar refractivity (Wildman–Crippen MR) is 67.7 cm³/mol. The molecule has 0 aliphatic heterocycles. The highest BCUT2D eigenvalue weighted by Crippen LogP contribution is 1.92. The Balaban J connectivity index is -0.000000170. The maximum atomic E-state index is 4.54. The molecule has 1 heteroatoms. The van der Waals surface area contributed by atoms with E-state index >= 15 is 0 Å². The fourth-order valence-electron chi connectivity index (χ4n) is 0.504. The van der Waals surface area contributed by atoms with Crippen molar-refractivity contribution in [2.45, 2.75) is 34.6 Å². The first-order chi connectivity index (χ1) is 6.72. The average molecular weight is 198 g/mol. The Bertz CT molecular complexity index is 141. The van der Waals surface area contributed by atoms with Gasteiger partial charge in [-0.25, -0.2) is 0 Å². The van der Waals surface area contributed by atoms with E-state index in [4.69, 9.17) is 0 Å². The fraction of sp³-hybridized carbons (Fsp3) is 0.538. The monoisotopic (exact) mass is 198 g/mol. The van der Waals surface area contributed by atoms with Crippen molar-refractivity contribution in [3.8, 4) is 0 Å². The number of rotatable bonds is 3. The molecular formula is C13H26O. The molecule has 0 rings (SSSR count). The van der Waals surface area contributed by atoms with Gasteiger partial charge in [-0.1, -0.05) is 50.3 Å². The van der Waals surface area contributed by atoms with Crippen molar-refractivity contribution in [1.29, 1.82) is 0 Å². The summed E-state index contributed by atoms with van der Waals surface area (Å²) in [6.45, 7) is 14.4. The largest absolute Gasteiger partial charge is 0.385 e. The Morgan fingerprint density at radius 3 is 2.00 bits per heavy atom. The first kappa shape index (κ1) is 18.9. The van der Waals surface area contributed by atoms with E-state index in [9.17, 15) is 0 Å². The van der Waals surface area contributed by atoms with Crippen LogP contribution in [0.15, 0.2) is 36.5 Å². The van der Waals surface area contributed by atoms with E-state index in [1.54, 1.807) is 13.2 Å².